The highest BCUT2D eigenvalue weighted by atomic mass is 16.6. The van der Waals surface area contributed by atoms with Crippen molar-refractivity contribution < 1.29 is 19.0 Å². The quantitative estimate of drug-likeness (QED) is 0.869. The predicted octanol–water partition coefficient (Wildman–Crippen LogP) is 4.62. The number of nitrogens with one attached hydrogen (secondary N) is 1. The Morgan fingerprint density at radius 3 is 2.33 bits per heavy atom. The van der Waals surface area contributed by atoms with Gasteiger partial charge in [0.1, 0.15) is 23.7 Å². The van der Waals surface area contributed by atoms with Crippen LogP contribution >= 0.6 is 0 Å². The van der Waals surface area contributed by atoms with Crippen LogP contribution in [0.2, 0.25) is 0 Å². The van der Waals surface area contributed by atoms with Crippen molar-refractivity contribution >= 4 is 11.8 Å². The number of hydrogen-bond donors (Lipinski definition) is 1. The lowest BCUT2D eigenvalue weighted by Crippen LogP contribution is -2.27. The van der Waals surface area contributed by atoms with Gasteiger partial charge in [-0.1, -0.05) is 30.3 Å². The maximum absolute atomic E-state index is 11.9. The maximum atomic E-state index is 11.9. The van der Waals surface area contributed by atoms with E-state index in [1.807, 2.05) is 51.1 Å². The highest BCUT2D eigenvalue weighted by Crippen LogP contribution is 2.27. The Kier molecular flexibility index (Phi) is 5.68. The molecule has 0 radical (unpaired) electrons. The van der Waals surface area contributed by atoms with Gasteiger partial charge >= 0.3 is 6.09 Å². The number of carbonyl (C=O) groups excluding carboxylic acids is 1. The molecule has 0 aliphatic heterocycles. The molecule has 0 saturated carbocycles. The maximum Gasteiger partial charge on any atom is 0.412 e. The number of anilines is 1. The second-order valence-electron chi connectivity index (χ2n) is 6.30. The van der Waals surface area contributed by atoms with Crippen molar-refractivity contribution in [3.8, 4) is 11.5 Å². The van der Waals surface area contributed by atoms with Crippen LogP contribution in [0.5, 0.6) is 11.5 Å². The van der Waals surface area contributed by atoms with E-state index in [0.29, 0.717) is 23.8 Å². The zero-order valence-electron chi connectivity index (χ0n) is 14.5. The molecule has 5 heteroatoms. The SMILES string of the molecule is COc1cc(NC(=O)OC(C)(C)C)cc(OCc2ccccc2)c1. The van der Waals surface area contributed by atoms with E-state index in [1.54, 1.807) is 25.3 Å². The lowest BCUT2D eigenvalue weighted by Gasteiger charge is -2.20. The number of amides is 1. The van der Waals surface area contributed by atoms with Gasteiger partial charge in [-0.3, -0.25) is 5.32 Å². The van der Waals surface area contributed by atoms with Gasteiger partial charge in [0, 0.05) is 18.2 Å². The lowest BCUT2D eigenvalue weighted by molar-refractivity contribution is 0.0636. The van der Waals surface area contributed by atoms with Crippen LogP contribution in [0.15, 0.2) is 48.5 Å². The fourth-order valence-electron chi connectivity index (χ4n) is 2.01. The van der Waals surface area contributed by atoms with Gasteiger partial charge in [0.05, 0.1) is 12.8 Å². The molecule has 2 rings (SSSR count). The minimum atomic E-state index is -0.560. The highest BCUT2D eigenvalue weighted by molar-refractivity contribution is 5.85. The molecule has 2 aromatic rings. The van der Waals surface area contributed by atoms with E-state index in [2.05, 4.69) is 5.32 Å². The zero-order chi connectivity index (χ0) is 17.6. The van der Waals surface area contributed by atoms with Crippen molar-refractivity contribution in [2.24, 2.45) is 0 Å². The number of methoxy groups -OCH3 is 1. The molecule has 0 unspecified atom stereocenters. The van der Waals surface area contributed by atoms with Gasteiger partial charge in [0.25, 0.3) is 0 Å². The third-order valence-corrected chi connectivity index (χ3v) is 3.01. The molecule has 0 aliphatic rings. The first-order valence-corrected chi connectivity index (χ1v) is 7.71. The minimum absolute atomic E-state index is 0.430. The minimum Gasteiger partial charge on any atom is -0.497 e. The molecular weight excluding hydrogens is 306 g/mol. The van der Waals surface area contributed by atoms with E-state index in [4.69, 9.17) is 14.2 Å². The third-order valence-electron chi connectivity index (χ3n) is 3.01. The first-order valence-electron chi connectivity index (χ1n) is 7.71. The molecule has 5 nitrogen and oxygen atoms in total. The van der Waals surface area contributed by atoms with Gasteiger partial charge in [-0.05, 0) is 26.3 Å². The molecule has 0 aliphatic carbocycles. The fraction of sp³-hybridized carbons (Fsp3) is 0.316. The molecule has 0 aromatic heterocycles. The highest BCUT2D eigenvalue weighted by Gasteiger charge is 2.16. The van der Waals surface area contributed by atoms with Gasteiger partial charge < -0.3 is 14.2 Å². The largest absolute Gasteiger partial charge is 0.497 e. The van der Waals surface area contributed by atoms with Crippen LogP contribution in [-0.2, 0) is 11.3 Å². The molecule has 0 fully saturated rings. The molecule has 1 N–H and O–H groups in total. The Labute approximate surface area is 142 Å². The van der Waals surface area contributed by atoms with E-state index < -0.39 is 11.7 Å². The van der Waals surface area contributed by atoms with E-state index in [9.17, 15) is 4.79 Å². The summed E-state index contributed by atoms with van der Waals surface area (Å²) in [6.07, 6.45) is -0.523. The number of hydrogen-bond acceptors (Lipinski definition) is 4. The number of rotatable bonds is 5. The van der Waals surface area contributed by atoms with Gasteiger partial charge in [-0.25, -0.2) is 4.79 Å². The van der Waals surface area contributed by atoms with Gasteiger partial charge in [0.2, 0.25) is 0 Å². The smallest absolute Gasteiger partial charge is 0.412 e. The van der Waals surface area contributed by atoms with Gasteiger partial charge in [-0.2, -0.15) is 0 Å². The summed E-state index contributed by atoms with van der Waals surface area (Å²) in [4.78, 5) is 11.9. The van der Waals surface area contributed by atoms with Crippen LogP contribution in [0.3, 0.4) is 0 Å². The first-order chi connectivity index (χ1) is 11.4. The van der Waals surface area contributed by atoms with Crippen molar-refractivity contribution in [3.05, 3.63) is 54.1 Å². The van der Waals surface area contributed by atoms with Crippen molar-refractivity contribution in [1.82, 2.24) is 0 Å². The van der Waals surface area contributed by atoms with E-state index in [1.165, 1.54) is 0 Å². The molecule has 0 atom stereocenters. The molecule has 24 heavy (non-hydrogen) atoms. The van der Waals surface area contributed by atoms with E-state index in [-0.39, 0.29) is 0 Å². The summed E-state index contributed by atoms with van der Waals surface area (Å²) in [5, 5.41) is 2.69. The Bertz CT molecular complexity index is 678. The van der Waals surface area contributed by atoms with Crippen LogP contribution in [0.25, 0.3) is 0 Å². The van der Waals surface area contributed by atoms with Crippen LogP contribution < -0.4 is 14.8 Å². The monoisotopic (exact) mass is 329 g/mol. The van der Waals surface area contributed by atoms with E-state index in [0.717, 1.165) is 5.56 Å². The summed E-state index contributed by atoms with van der Waals surface area (Å²) in [7, 11) is 1.56. The number of benzene rings is 2. The van der Waals surface area contributed by atoms with Crippen LogP contribution in [0, 0.1) is 0 Å². The Morgan fingerprint density at radius 1 is 1.04 bits per heavy atom. The summed E-state index contributed by atoms with van der Waals surface area (Å²) in [5.74, 6) is 1.19. The van der Waals surface area contributed by atoms with Crippen LogP contribution in [-0.4, -0.2) is 18.8 Å². The average molecular weight is 329 g/mol. The van der Waals surface area contributed by atoms with Crippen LogP contribution in [0.4, 0.5) is 10.5 Å². The Hall–Kier alpha value is -2.69. The lowest BCUT2D eigenvalue weighted by atomic mass is 10.2. The fourth-order valence-corrected chi connectivity index (χ4v) is 2.01. The molecule has 128 valence electrons. The van der Waals surface area contributed by atoms with Crippen molar-refractivity contribution in [1.29, 1.82) is 0 Å². The molecule has 0 spiro atoms. The summed E-state index contributed by atoms with van der Waals surface area (Å²) in [5.41, 5.74) is 1.05. The third kappa shape index (κ3) is 5.83. The van der Waals surface area contributed by atoms with Crippen molar-refractivity contribution in [2.45, 2.75) is 33.0 Å². The van der Waals surface area contributed by atoms with Crippen molar-refractivity contribution in [3.63, 3.8) is 0 Å². The molecule has 0 heterocycles. The molecule has 0 bridgehead atoms. The van der Waals surface area contributed by atoms with Crippen LogP contribution in [0.1, 0.15) is 26.3 Å². The normalized spacial score (nSPS) is 10.8. The second kappa shape index (κ2) is 7.73. The van der Waals surface area contributed by atoms with E-state index >= 15 is 0 Å². The Morgan fingerprint density at radius 2 is 1.71 bits per heavy atom. The van der Waals surface area contributed by atoms with Crippen molar-refractivity contribution in [2.75, 3.05) is 12.4 Å². The average Bonchev–Trinajstić information content (AvgIpc) is 2.51. The summed E-state index contributed by atoms with van der Waals surface area (Å²) in [6, 6.07) is 15.1. The number of carbonyl (C=O) groups is 1. The topological polar surface area (TPSA) is 56.8 Å². The summed E-state index contributed by atoms with van der Waals surface area (Å²) in [6.45, 7) is 5.87. The molecule has 1 amide bonds. The molecule has 0 saturated heterocycles. The first kappa shape index (κ1) is 17.7. The van der Waals surface area contributed by atoms with Gasteiger partial charge in [0.15, 0.2) is 0 Å². The molecule has 2 aromatic carbocycles. The predicted molar refractivity (Wildman–Crippen MR) is 93.6 cm³/mol. The zero-order valence-corrected chi connectivity index (χ0v) is 14.5. The number of ether oxygens (including phenoxy) is 3. The summed E-state index contributed by atoms with van der Waals surface area (Å²) < 4.78 is 16.3. The van der Waals surface area contributed by atoms with Gasteiger partial charge in [-0.15, -0.1) is 0 Å². The molecular formula is C19H23NO4. The summed E-state index contributed by atoms with van der Waals surface area (Å²) >= 11 is 0. The Balaban J connectivity index is 2.08. The second-order valence-corrected chi connectivity index (χ2v) is 6.30. The standard InChI is InChI=1S/C19H23NO4/c1-19(2,3)24-18(21)20-15-10-16(22-4)12-17(11-15)23-13-14-8-6-5-7-9-14/h5-12H,13H2,1-4H3,(H,20,21).